The number of ketones is 1. The summed E-state index contributed by atoms with van der Waals surface area (Å²) in [4.78, 5) is 37.7. The summed E-state index contributed by atoms with van der Waals surface area (Å²) in [7, 11) is 0. The fraction of sp³-hybridized carbons (Fsp3) is 0.250. The van der Waals surface area contributed by atoms with Gasteiger partial charge in [-0.05, 0) is 32.4 Å². The number of nitrogens with zero attached hydrogens (tertiary/aromatic N) is 1. The first-order chi connectivity index (χ1) is 13.0. The molecule has 3 heterocycles. The minimum Gasteiger partial charge on any atom is -0.360 e. The van der Waals surface area contributed by atoms with Gasteiger partial charge < -0.3 is 9.97 Å². The van der Waals surface area contributed by atoms with Crippen LogP contribution in [0.15, 0.2) is 35.3 Å². The number of rotatable bonds is 5. The molecule has 7 heteroatoms. The first-order valence-electron chi connectivity index (χ1n) is 8.66. The molecule has 0 aliphatic carbocycles. The van der Waals surface area contributed by atoms with Crippen LogP contribution in [-0.2, 0) is 5.75 Å². The van der Waals surface area contributed by atoms with E-state index in [1.165, 1.54) is 23.1 Å². The molecule has 0 aliphatic heterocycles. The standard InChI is InChI=1S/C20H19N3O2S2/c1-10-11(2)27-20-17(10)19(25)22-16(23-20)9-26-12(3)18(24)14-8-21-15-7-5-4-6-13(14)15/h4-8,12,21H,9H2,1-3H3,(H,22,23,25)/t12-/m1/s1. The predicted molar refractivity (Wildman–Crippen MR) is 113 cm³/mol. The van der Waals surface area contributed by atoms with Crippen molar-refractivity contribution in [2.24, 2.45) is 0 Å². The Labute approximate surface area is 164 Å². The number of para-hydroxylation sites is 1. The van der Waals surface area contributed by atoms with Gasteiger partial charge in [-0.1, -0.05) is 18.2 Å². The smallest absolute Gasteiger partial charge is 0.259 e. The second-order valence-corrected chi connectivity index (χ2v) is 9.07. The van der Waals surface area contributed by atoms with Crippen LogP contribution in [0.5, 0.6) is 0 Å². The molecule has 0 spiro atoms. The number of carbonyl (C=O) groups is 1. The molecule has 27 heavy (non-hydrogen) atoms. The molecule has 138 valence electrons. The Hall–Kier alpha value is -2.38. The SMILES string of the molecule is Cc1sc2nc(CS[C@H](C)C(=O)c3c[nH]c4ccccc34)[nH]c(=O)c2c1C. The summed E-state index contributed by atoms with van der Waals surface area (Å²) in [6.07, 6.45) is 1.77. The van der Waals surface area contributed by atoms with Gasteiger partial charge in [0.25, 0.3) is 5.56 Å². The molecule has 2 N–H and O–H groups in total. The van der Waals surface area contributed by atoms with Gasteiger partial charge in [-0.25, -0.2) is 4.98 Å². The van der Waals surface area contributed by atoms with E-state index < -0.39 is 0 Å². The summed E-state index contributed by atoms with van der Waals surface area (Å²) in [5.41, 5.74) is 2.55. The Morgan fingerprint density at radius 3 is 2.89 bits per heavy atom. The second kappa shape index (κ2) is 6.98. The number of H-pyrrole nitrogens is 2. The van der Waals surface area contributed by atoms with Crippen molar-refractivity contribution >= 4 is 50.0 Å². The van der Waals surface area contributed by atoms with Gasteiger partial charge in [0.2, 0.25) is 0 Å². The first kappa shape index (κ1) is 18.0. The number of hydrogen-bond donors (Lipinski definition) is 2. The molecule has 0 unspecified atom stereocenters. The van der Waals surface area contributed by atoms with Gasteiger partial charge >= 0.3 is 0 Å². The molecule has 0 aliphatic rings. The third-order valence-electron chi connectivity index (χ3n) is 4.78. The van der Waals surface area contributed by atoms with E-state index in [9.17, 15) is 9.59 Å². The number of thiophene rings is 1. The third-order valence-corrected chi connectivity index (χ3v) is 7.04. The Bertz CT molecular complexity index is 1220. The average Bonchev–Trinajstić information content (AvgIpc) is 3.20. The topological polar surface area (TPSA) is 78.6 Å². The molecular formula is C20H19N3O2S2. The molecular weight excluding hydrogens is 378 g/mol. The van der Waals surface area contributed by atoms with Gasteiger partial charge in [0.05, 0.1) is 16.4 Å². The van der Waals surface area contributed by atoms with Crippen LogP contribution >= 0.6 is 23.1 Å². The molecule has 0 amide bonds. The summed E-state index contributed by atoms with van der Waals surface area (Å²) in [6, 6.07) is 7.78. The highest BCUT2D eigenvalue weighted by Gasteiger charge is 2.20. The van der Waals surface area contributed by atoms with Gasteiger partial charge in [-0.2, -0.15) is 0 Å². The van der Waals surface area contributed by atoms with E-state index in [1.54, 1.807) is 6.20 Å². The lowest BCUT2D eigenvalue weighted by Crippen LogP contribution is -2.15. The van der Waals surface area contributed by atoms with E-state index in [1.807, 2.05) is 45.0 Å². The van der Waals surface area contributed by atoms with Crippen LogP contribution in [0.25, 0.3) is 21.1 Å². The lowest BCUT2D eigenvalue weighted by atomic mass is 10.1. The van der Waals surface area contributed by atoms with Gasteiger partial charge in [-0.3, -0.25) is 9.59 Å². The number of hydrogen-bond acceptors (Lipinski definition) is 5. The number of carbonyl (C=O) groups excluding carboxylic acids is 1. The van der Waals surface area contributed by atoms with Crippen molar-refractivity contribution < 1.29 is 4.79 Å². The van der Waals surface area contributed by atoms with E-state index in [4.69, 9.17) is 0 Å². The zero-order valence-electron chi connectivity index (χ0n) is 15.3. The van der Waals surface area contributed by atoms with E-state index in [-0.39, 0.29) is 16.6 Å². The van der Waals surface area contributed by atoms with Crippen molar-refractivity contribution in [2.75, 3.05) is 0 Å². The molecule has 0 radical (unpaired) electrons. The third kappa shape index (κ3) is 3.21. The van der Waals surface area contributed by atoms with Crippen molar-refractivity contribution in [3.63, 3.8) is 0 Å². The number of benzene rings is 1. The second-order valence-electron chi connectivity index (χ2n) is 6.54. The lowest BCUT2D eigenvalue weighted by molar-refractivity contribution is 0.0995. The molecule has 0 fully saturated rings. The number of aromatic nitrogens is 3. The highest BCUT2D eigenvalue weighted by molar-refractivity contribution is 7.99. The number of nitrogens with one attached hydrogen (secondary N) is 2. The molecule has 4 rings (SSSR count). The van der Waals surface area contributed by atoms with Crippen LogP contribution in [0.3, 0.4) is 0 Å². The number of Topliss-reactive ketones (excluding diaryl/α,β-unsaturated/α-hetero) is 1. The molecule has 0 bridgehead atoms. The Kier molecular flexibility index (Phi) is 4.65. The fourth-order valence-electron chi connectivity index (χ4n) is 3.14. The van der Waals surface area contributed by atoms with Crippen molar-refractivity contribution in [2.45, 2.75) is 31.8 Å². The van der Waals surface area contributed by atoms with Crippen molar-refractivity contribution in [3.8, 4) is 0 Å². The first-order valence-corrected chi connectivity index (χ1v) is 10.5. The molecule has 5 nitrogen and oxygen atoms in total. The van der Waals surface area contributed by atoms with Crippen LogP contribution in [0.2, 0.25) is 0 Å². The van der Waals surface area contributed by atoms with Crippen LogP contribution < -0.4 is 5.56 Å². The van der Waals surface area contributed by atoms with E-state index >= 15 is 0 Å². The minimum atomic E-state index is -0.239. The maximum Gasteiger partial charge on any atom is 0.259 e. The van der Waals surface area contributed by atoms with E-state index in [0.29, 0.717) is 22.5 Å². The summed E-state index contributed by atoms with van der Waals surface area (Å²) < 4.78 is 0. The number of aryl methyl sites for hydroxylation is 2. The predicted octanol–water partition coefficient (Wildman–Crippen LogP) is 4.59. The van der Waals surface area contributed by atoms with Gasteiger partial charge in [0, 0.05) is 27.5 Å². The monoisotopic (exact) mass is 397 g/mol. The van der Waals surface area contributed by atoms with Crippen LogP contribution in [0.4, 0.5) is 0 Å². The number of fused-ring (bicyclic) bond motifs is 2. The van der Waals surface area contributed by atoms with Crippen LogP contribution in [0, 0.1) is 13.8 Å². The number of aromatic amines is 2. The Balaban J connectivity index is 1.54. The summed E-state index contributed by atoms with van der Waals surface area (Å²) >= 11 is 3.02. The molecule has 4 aromatic rings. The number of thioether (sulfide) groups is 1. The van der Waals surface area contributed by atoms with E-state index in [0.717, 1.165) is 26.2 Å². The molecule has 3 aromatic heterocycles. The Morgan fingerprint density at radius 2 is 2.07 bits per heavy atom. The van der Waals surface area contributed by atoms with Gasteiger partial charge in [-0.15, -0.1) is 23.1 Å². The maximum atomic E-state index is 12.8. The largest absolute Gasteiger partial charge is 0.360 e. The average molecular weight is 398 g/mol. The van der Waals surface area contributed by atoms with Crippen molar-refractivity contribution in [1.29, 1.82) is 0 Å². The van der Waals surface area contributed by atoms with Crippen molar-refractivity contribution in [3.05, 3.63) is 62.6 Å². The normalized spacial score (nSPS) is 12.7. The lowest BCUT2D eigenvalue weighted by Gasteiger charge is -2.09. The van der Waals surface area contributed by atoms with Crippen molar-refractivity contribution in [1.82, 2.24) is 15.0 Å². The zero-order valence-corrected chi connectivity index (χ0v) is 16.9. The Morgan fingerprint density at radius 1 is 1.30 bits per heavy atom. The van der Waals surface area contributed by atoms with Gasteiger partial charge in [0.1, 0.15) is 10.7 Å². The summed E-state index contributed by atoms with van der Waals surface area (Å²) in [5, 5.41) is 1.37. The maximum absolute atomic E-state index is 12.8. The van der Waals surface area contributed by atoms with Crippen LogP contribution in [0.1, 0.15) is 33.5 Å². The summed E-state index contributed by atoms with van der Waals surface area (Å²) in [6.45, 7) is 5.84. The van der Waals surface area contributed by atoms with Crippen LogP contribution in [-0.4, -0.2) is 26.0 Å². The molecule has 1 aromatic carbocycles. The molecule has 1 atom stereocenters. The van der Waals surface area contributed by atoms with E-state index in [2.05, 4.69) is 15.0 Å². The van der Waals surface area contributed by atoms with Gasteiger partial charge in [0.15, 0.2) is 5.78 Å². The highest BCUT2D eigenvalue weighted by atomic mass is 32.2. The minimum absolute atomic E-state index is 0.0729. The summed E-state index contributed by atoms with van der Waals surface area (Å²) in [5.74, 6) is 1.16. The molecule has 0 saturated heterocycles. The molecule has 0 saturated carbocycles. The quantitative estimate of drug-likeness (QED) is 0.483. The zero-order chi connectivity index (χ0) is 19.1. The fourth-order valence-corrected chi connectivity index (χ4v) is 5.01. The highest BCUT2D eigenvalue weighted by Crippen LogP contribution is 2.28.